The molecule has 0 bridgehead atoms. The summed E-state index contributed by atoms with van der Waals surface area (Å²) >= 11 is 0. The number of aryl methyl sites for hydroxylation is 3. The van der Waals surface area contributed by atoms with Crippen molar-refractivity contribution in [3.8, 4) is 28.3 Å². The molecule has 0 aliphatic rings. The Balaban J connectivity index is 1.62. The number of aromatic amines is 1. The van der Waals surface area contributed by atoms with E-state index in [9.17, 15) is 4.79 Å². The zero-order valence-electron chi connectivity index (χ0n) is 20.7. The summed E-state index contributed by atoms with van der Waals surface area (Å²) in [6, 6.07) is 9.89. The highest BCUT2D eigenvalue weighted by Gasteiger charge is 2.20. The molecule has 0 amide bonds. The van der Waals surface area contributed by atoms with Gasteiger partial charge in [-0.1, -0.05) is 37.6 Å². The minimum absolute atomic E-state index is 0.0827. The number of benzene rings is 1. The van der Waals surface area contributed by atoms with Gasteiger partial charge in [0.15, 0.2) is 0 Å². The fourth-order valence-corrected chi connectivity index (χ4v) is 4.60. The van der Waals surface area contributed by atoms with Crippen molar-refractivity contribution in [2.24, 2.45) is 0 Å². The van der Waals surface area contributed by atoms with Crippen LogP contribution in [0.1, 0.15) is 43.5 Å². The maximum Gasteiger partial charge on any atom is 0.334 e. The van der Waals surface area contributed by atoms with E-state index in [1.165, 1.54) is 0 Å². The molecule has 0 aliphatic carbocycles. The lowest BCUT2D eigenvalue weighted by molar-refractivity contribution is 0.624. The van der Waals surface area contributed by atoms with Crippen LogP contribution in [0.4, 0.5) is 0 Å². The molecule has 0 atom stereocenters. The summed E-state index contributed by atoms with van der Waals surface area (Å²) in [5, 5.41) is 19.0. The van der Waals surface area contributed by atoms with Gasteiger partial charge in [-0.15, -0.1) is 10.2 Å². The predicted molar refractivity (Wildman–Crippen MR) is 137 cm³/mol. The molecular formula is C26H29N9O. The Morgan fingerprint density at radius 2 is 1.86 bits per heavy atom. The van der Waals surface area contributed by atoms with E-state index in [1.54, 1.807) is 10.8 Å². The number of unbranched alkanes of at least 4 members (excludes halogenated alkanes) is 1. The fourth-order valence-electron chi connectivity index (χ4n) is 4.60. The Kier molecular flexibility index (Phi) is 6.57. The third-order valence-corrected chi connectivity index (χ3v) is 6.40. The summed E-state index contributed by atoms with van der Waals surface area (Å²) in [6.45, 7) is 7.25. The molecule has 0 fully saturated rings. The molecule has 4 aromatic heterocycles. The van der Waals surface area contributed by atoms with Gasteiger partial charge in [0.1, 0.15) is 5.82 Å². The normalized spacial score (nSPS) is 11.3. The first kappa shape index (κ1) is 23.4. The molecule has 0 radical (unpaired) electrons. The maximum absolute atomic E-state index is 13.8. The number of imidazole rings is 1. The highest BCUT2D eigenvalue weighted by atomic mass is 16.1. The molecule has 5 rings (SSSR count). The number of pyridine rings is 1. The molecule has 36 heavy (non-hydrogen) atoms. The van der Waals surface area contributed by atoms with Gasteiger partial charge in [0.05, 0.1) is 12.7 Å². The van der Waals surface area contributed by atoms with Crippen LogP contribution >= 0.6 is 0 Å². The van der Waals surface area contributed by atoms with E-state index in [-0.39, 0.29) is 5.69 Å². The number of aromatic nitrogens is 9. The van der Waals surface area contributed by atoms with Crippen molar-refractivity contribution < 1.29 is 0 Å². The quantitative estimate of drug-likeness (QED) is 0.341. The van der Waals surface area contributed by atoms with Crippen LogP contribution in [0, 0.1) is 6.92 Å². The number of hydrogen-bond donors (Lipinski definition) is 1. The van der Waals surface area contributed by atoms with Crippen molar-refractivity contribution in [1.29, 1.82) is 0 Å². The Hall–Kier alpha value is -4.34. The van der Waals surface area contributed by atoms with Crippen LogP contribution in [0.2, 0.25) is 0 Å². The van der Waals surface area contributed by atoms with E-state index in [2.05, 4.69) is 37.6 Å². The van der Waals surface area contributed by atoms with Gasteiger partial charge in [0.25, 0.3) is 0 Å². The fraction of sp³-hybridized carbons (Fsp3) is 0.308. The topological polar surface area (TPSA) is 112 Å². The van der Waals surface area contributed by atoms with Crippen LogP contribution in [0.3, 0.4) is 0 Å². The maximum atomic E-state index is 13.8. The first-order valence-corrected chi connectivity index (χ1v) is 12.2. The van der Waals surface area contributed by atoms with Gasteiger partial charge in [-0.25, -0.2) is 9.48 Å². The van der Waals surface area contributed by atoms with Crippen LogP contribution in [0.25, 0.3) is 28.3 Å². The lowest BCUT2D eigenvalue weighted by atomic mass is 9.96. The van der Waals surface area contributed by atoms with Crippen molar-refractivity contribution in [3.63, 3.8) is 0 Å². The molecule has 10 heteroatoms. The predicted octanol–water partition coefficient (Wildman–Crippen LogP) is 3.80. The van der Waals surface area contributed by atoms with Crippen molar-refractivity contribution >= 4 is 0 Å². The van der Waals surface area contributed by atoms with E-state index in [1.807, 2.05) is 72.0 Å². The summed E-state index contributed by atoms with van der Waals surface area (Å²) < 4.78 is 5.46. The molecule has 0 aliphatic heterocycles. The summed E-state index contributed by atoms with van der Waals surface area (Å²) in [5.41, 5.74) is 5.60. The first-order valence-electron chi connectivity index (χ1n) is 12.2. The largest absolute Gasteiger partial charge is 0.334 e. The number of hydrogen-bond acceptors (Lipinski definition) is 6. The summed E-state index contributed by atoms with van der Waals surface area (Å²) in [5.74, 6) is 1.33. The van der Waals surface area contributed by atoms with Gasteiger partial charge < -0.3 is 0 Å². The molecule has 0 spiro atoms. The second-order valence-electron chi connectivity index (χ2n) is 8.74. The molecule has 0 saturated carbocycles. The van der Waals surface area contributed by atoms with Crippen molar-refractivity contribution in [2.45, 2.75) is 53.1 Å². The number of nitrogens with zero attached hydrogens (tertiary/aromatic N) is 8. The van der Waals surface area contributed by atoms with Crippen LogP contribution < -0.4 is 5.69 Å². The zero-order valence-corrected chi connectivity index (χ0v) is 20.7. The van der Waals surface area contributed by atoms with E-state index in [4.69, 9.17) is 0 Å². The minimum Gasteiger partial charge on any atom is -0.291 e. The second-order valence-corrected chi connectivity index (χ2v) is 8.74. The van der Waals surface area contributed by atoms with Gasteiger partial charge in [0, 0.05) is 42.0 Å². The van der Waals surface area contributed by atoms with Crippen LogP contribution in [-0.2, 0) is 19.5 Å². The van der Waals surface area contributed by atoms with Crippen LogP contribution in [-0.4, -0.2) is 44.5 Å². The molecule has 1 N–H and O–H groups in total. The molecule has 5 aromatic rings. The van der Waals surface area contributed by atoms with E-state index < -0.39 is 0 Å². The monoisotopic (exact) mass is 483 g/mol. The van der Waals surface area contributed by atoms with Crippen molar-refractivity contribution in [2.75, 3.05) is 0 Å². The molecule has 1 aromatic carbocycles. The standard InChI is InChI=1S/C26H29N9O/c1-4-6-9-20-17-34(25-18(3)14-28-35(25)5-2)26(36)33(20)16-19-15-27-13-12-21(19)22-10-7-8-11-23(22)24-29-31-32-30-24/h7-8,10-15,17H,4-6,9,16H2,1-3H3,(H,29,30,31,32). The Morgan fingerprint density at radius 3 is 2.61 bits per heavy atom. The molecule has 0 unspecified atom stereocenters. The Morgan fingerprint density at radius 1 is 1.03 bits per heavy atom. The number of rotatable bonds is 9. The highest BCUT2D eigenvalue weighted by molar-refractivity contribution is 5.81. The summed E-state index contributed by atoms with van der Waals surface area (Å²) in [7, 11) is 0. The summed E-state index contributed by atoms with van der Waals surface area (Å²) in [4.78, 5) is 18.2. The lowest BCUT2D eigenvalue weighted by Crippen LogP contribution is -2.26. The minimum atomic E-state index is -0.0827. The average Bonchev–Trinajstić information content (AvgIpc) is 3.64. The number of tetrazole rings is 1. The highest BCUT2D eigenvalue weighted by Crippen LogP contribution is 2.32. The zero-order chi connectivity index (χ0) is 25.1. The van der Waals surface area contributed by atoms with Gasteiger partial charge in [-0.2, -0.15) is 10.3 Å². The van der Waals surface area contributed by atoms with E-state index in [0.717, 1.165) is 58.6 Å². The number of nitrogens with one attached hydrogen (secondary N) is 1. The first-order chi connectivity index (χ1) is 17.6. The van der Waals surface area contributed by atoms with Gasteiger partial charge in [-0.3, -0.25) is 14.1 Å². The molecular weight excluding hydrogens is 454 g/mol. The van der Waals surface area contributed by atoms with E-state index in [0.29, 0.717) is 18.9 Å². The van der Waals surface area contributed by atoms with Crippen molar-refractivity contribution in [3.05, 3.63) is 82.4 Å². The third-order valence-electron chi connectivity index (χ3n) is 6.40. The van der Waals surface area contributed by atoms with Gasteiger partial charge >= 0.3 is 5.69 Å². The van der Waals surface area contributed by atoms with Crippen LogP contribution in [0.15, 0.2) is 59.9 Å². The van der Waals surface area contributed by atoms with Crippen molar-refractivity contribution in [1.82, 2.24) is 44.5 Å². The lowest BCUT2D eigenvalue weighted by Gasteiger charge is -2.14. The average molecular weight is 484 g/mol. The molecule has 0 saturated heterocycles. The van der Waals surface area contributed by atoms with Gasteiger partial charge in [0.2, 0.25) is 5.82 Å². The number of H-pyrrole nitrogens is 1. The molecule has 184 valence electrons. The van der Waals surface area contributed by atoms with Crippen LogP contribution in [0.5, 0.6) is 0 Å². The Bertz CT molecular complexity index is 1530. The second kappa shape index (κ2) is 10.1. The Labute approximate surface area is 208 Å². The summed E-state index contributed by atoms with van der Waals surface area (Å²) in [6.07, 6.45) is 10.2. The SMILES string of the molecule is CCCCc1cn(-c2c(C)cnn2CC)c(=O)n1Cc1cnccc1-c1ccccc1-c1nn[nH]n1. The van der Waals surface area contributed by atoms with Gasteiger partial charge in [-0.05, 0) is 54.7 Å². The molecule has 10 nitrogen and oxygen atoms in total. The third kappa shape index (κ3) is 4.26. The van der Waals surface area contributed by atoms with E-state index >= 15 is 0 Å². The smallest absolute Gasteiger partial charge is 0.291 e. The molecule has 4 heterocycles.